The van der Waals surface area contributed by atoms with Crippen LogP contribution in [0.2, 0.25) is 0 Å². The first-order valence-electron chi connectivity index (χ1n) is 6.21. The molecule has 18 heavy (non-hydrogen) atoms. The van der Waals surface area contributed by atoms with Crippen molar-refractivity contribution in [3.63, 3.8) is 0 Å². The fourth-order valence-electron chi connectivity index (χ4n) is 2.14. The second-order valence-corrected chi connectivity index (χ2v) is 5.00. The third-order valence-corrected chi connectivity index (χ3v) is 3.04. The summed E-state index contributed by atoms with van der Waals surface area (Å²) in [4.78, 5) is 11.6. The topological polar surface area (TPSA) is 58.6 Å². The predicted molar refractivity (Wildman–Crippen MR) is 68.6 cm³/mol. The van der Waals surface area contributed by atoms with Gasteiger partial charge in [-0.15, -0.1) is 0 Å². The summed E-state index contributed by atoms with van der Waals surface area (Å²) in [6.07, 6.45) is 1.04. The Morgan fingerprint density at radius 1 is 1.33 bits per heavy atom. The molecule has 1 aromatic carbocycles. The third-order valence-electron chi connectivity index (χ3n) is 3.04. The van der Waals surface area contributed by atoms with Gasteiger partial charge in [0.2, 0.25) is 0 Å². The van der Waals surface area contributed by atoms with Crippen LogP contribution in [0.1, 0.15) is 24.0 Å². The first-order chi connectivity index (χ1) is 8.52. The number of aliphatic hydroxyl groups is 1. The van der Waals surface area contributed by atoms with Crippen LogP contribution in [-0.4, -0.2) is 29.8 Å². The number of hydrogen-bond donors (Lipinski definition) is 2. The number of hydrogen-bond acceptors (Lipinski definition) is 3. The lowest BCUT2D eigenvalue weighted by molar-refractivity contribution is -0.125. The van der Waals surface area contributed by atoms with Crippen molar-refractivity contribution in [1.29, 1.82) is 0 Å². The second kappa shape index (κ2) is 5.40. The van der Waals surface area contributed by atoms with Gasteiger partial charge < -0.3 is 15.2 Å². The molecule has 0 aliphatic heterocycles. The monoisotopic (exact) mass is 249 g/mol. The zero-order chi connectivity index (χ0) is 13.1. The smallest absolute Gasteiger partial charge is 0.258 e. The van der Waals surface area contributed by atoms with E-state index in [0.717, 1.165) is 16.9 Å². The zero-order valence-electron chi connectivity index (χ0n) is 10.8. The molecule has 0 unspecified atom stereocenters. The van der Waals surface area contributed by atoms with Crippen molar-refractivity contribution in [2.75, 3.05) is 6.61 Å². The summed E-state index contributed by atoms with van der Waals surface area (Å²) >= 11 is 0. The SMILES string of the molecule is Cc1cc(C)cc(OCC(=O)NC2CC(O)C2)c1. The first-order valence-corrected chi connectivity index (χ1v) is 6.21. The Morgan fingerprint density at radius 3 is 2.50 bits per heavy atom. The summed E-state index contributed by atoms with van der Waals surface area (Å²) in [5.74, 6) is 0.586. The maximum atomic E-state index is 11.6. The molecule has 0 saturated heterocycles. The number of rotatable bonds is 4. The number of aliphatic hydroxyl groups excluding tert-OH is 1. The number of amides is 1. The summed E-state index contributed by atoms with van der Waals surface area (Å²) in [6, 6.07) is 5.99. The van der Waals surface area contributed by atoms with E-state index in [0.29, 0.717) is 12.8 Å². The van der Waals surface area contributed by atoms with E-state index in [9.17, 15) is 4.79 Å². The van der Waals surface area contributed by atoms with Gasteiger partial charge in [-0.05, 0) is 49.9 Å². The van der Waals surface area contributed by atoms with Crippen molar-refractivity contribution in [2.24, 2.45) is 0 Å². The van der Waals surface area contributed by atoms with E-state index >= 15 is 0 Å². The highest BCUT2D eigenvalue weighted by Crippen LogP contribution is 2.19. The maximum absolute atomic E-state index is 11.6. The number of carbonyl (C=O) groups is 1. The fraction of sp³-hybridized carbons (Fsp3) is 0.500. The van der Waals surface area contributed by atoms with E-state index in [1.165, 1.54) is 0 Å². The Balaban J connectivity index is 1.78. The van der Waals surface area contributed by atoms with Crippen molar-refractivity contribution in [3.05, 3.63) is 29.3 Å². The molecule has 1 aliphatic carbocycles. The number of benzene rings is 1. The minimum absolute atomic E-state index is 0.0233. The van der Waals surface area contributed by atoms with Gasteiger partial charge in [0.05, 0.1) is 6.10 Å². The molecule has 0 atom stereocenters. The number of ether oxygens (including phenoxy) is 1. The van der Waals surface area contributed by atoms with E-state index in [1.807, 2.05) is 26.0 Å². The van der Waals surface area contributed by atoms with E-state index < -0.39 is 0 Å². The summed E-state index contributed by atoms with van der Waals surface area (Å²) in [6.45, 7) is 4.01. The van der Waals surface area contributed by atoms with Gasteiger partial charge in [-0.25, -0.2) is 0 Å². The van der Waals surface area contributed by atoms with Gasteiger partial charge in [-0.2, -0.15) is 0 Å². The lowest BCUT2D eigenvalue weighted by Gasteiger charge is -2.31. The van der Waals surface area contributed by atoms with Gasteiger partial charge in [-0.1, -0.05) is 6.07 Å². The summed E-state index contributed by atoms with van der Waals surface area (Å²) in [5.41, 5.74) is 2.24. The van der Waals surface area contributed by atoms with E-state index in [1.54, 1.807) is 0 Å². The molecular formula is C14H19NO3. The van der Waals surface area contributed by atoms with Crippen molar-refractivity contribution in [1.82, 2.24) is 5.32 Å². The Bertz CT molecular complexity index is 418. The van der Waals surface area contributed by atoms with Gasteiger partial charge in [0, 0.05) is 6.04 Å². The Morgan fingerprint density at radius 2 is 1.94 bits per heavy atom. The van der Waals surface area contributed by atoms with Crippen LogP contribution >= 0.6 is 0 Å². The van der Waals surface area contributed by atoms with E-state index in [2.05, 4.69) is 11.4 Å². The third kappa shape index (κ3) is 3.47. The molecule has 0 aromatic heterocycles. The van der Waals surface area contributed by atoms with Crippen molar-refractivity contribution < 1.29 is 14.6 Å². The van der Waals surface area contributed by atoms with Crippen molar-refractivity contribution in [3.8, 4) is 5.75 Å². The molecule has 0 heterocycles. The molecule has 4 heteroatoms. The molecule has 0 spiro atoms. The highest BCUT2D eigenvalue weighted by molar-refractivity contribution is 5.78. The average Bonchev–Trinajstić information content (AvgIpc) is 2.23. The van der Waals surface area contributed by atoms with Gasteiger partial charge >= 0.3 is 0 Å². The van der Waals surface area contributed by atoms with Crippen LogP contribution in [0.25, 0.3) is 0 Å². The molecule has 0 radical (unpaired) electrons. The zero-order valence-corrected chi connectivity index (χ0v) is 10.8. The lowest BCUT2D eigenvalue weighted by atomic mass is 9.89. The molecule has 1 aromatic rings. The molecule has 1 fully saturated rings. The van der Waals surface area contributed by atoms with Crippen LogP contribution in [-0.2, 0) is 4.79 Å². The first kappa shape index (κ1) is 12.9. The van der Waals surface area contributed by atoms with Gasteiger partial charge in [0.25, 0.3) is 5.91 Å². The molecular weight excluding hydrogens is 230 g/mol. The molecule has 1 aliphatic rings. The van der Waals surface area contributed by atoms with Crippen LogP contribution in [0.3, 0.4) is 0 Å². The summed E-state index contributed by atoms with van der Waals surface area (Å²) < 4.78 is 5.45. The molecule has 4 nitrogen and oxygen atoms in total. The van der Waals surface area contributed by atoms with Crippen molar-refractivity contribution in [2.45, 2.75) is 38.8 Å². The Labute approximate surface area is 107 Å². The quantitative estimate of drug-likeness (QED) is 0.846. The number of aryl methyl sites for hydroxylation is 2. The normalized spacial score (nSPS) is 22.2. The lowest BCUT2D eigenvalue weighted by Crippen LogP contribution is -2.48. The Hall–Kier alpha value is -1.55. The molecule has 98 valence electrons. The standard InChI is InChI=1S/C14H19NO3/c1-9-3-10(2)5-13(4-9)18-8-14(17)15-11-6-12(16)7-11/h3-5,11-12,16H,6-8H2,1-2H3,(H,15,17). The van der Waals surface area contributed by atoms with Crippen molar-refractivity contribution >= 4 is 5.91 Å². The highest BCUT2D eigenvalue weighted by atomic mass is 16.5. The molecule has 1 saturated carbocycles. The number of carbonyl (C=O) groups excluding carboxylic acids is 1. The van der Waals surface area contributed by atoms with Crippen LogP contribution < -0.4 is 10.1 Å². The van der Waals surface area contributed by atoms with Crippen LogP contribution in [0.15, 0.2) is 18.2 Å². The van der Waals surface area contributed by atoms with E-state index in [4.69, 9.17) is 9.84 Å². The molecule has 2 N–H and O–H groups in total. The Kier molecular flexibility index (Phi) is 3.87. The highest BCUT2D eigenvalue weighted by Gasteiger charge is 2.28. The summed E-state index contributed by atoms with van der Waals surface area (Å²) in [7, 11) is 0. The second-order valence-electron chi connectivity index (χ2n) is 5.00. The summed E-state index contributed by atoms with van der Waals surface area (Å²) in [5, 5.41) is 11.9. The van der Waals surface area contributed by atoms with Gasteiger partial charge in [-0.3, -0.25) is 4.79 Å². The van der Waals surface area contributed by atoms with Crippen LogP contribution in [0.4, 0.5) is 0 Å². The number of nitrogens with one attached hydrogen (secondary N) is 1. The van der Waals surface area contributed by atoms with E-state index in [-0.39, 0.29) is 24.7 Å². The molecule has 1 amide bonds. The fourth-order valence-corrected chi connectivity index (χ4v) is 2.14. The largest absolute Gasteiger partial charge is 0.484 e. The van der Waals surface area contributed by atoms with Gasteiger partial charge in [0.15, 0.2) is 6.61 Å². The maximum Gasteiger partial charge on any atom is 0.258 e. The van der Waals surface area contributed by atoms with Crippen LogP contribution in [0, 0.1) is 13.8 Å². The molecule has 2 rings (SSSR count). The molecule has 0 bridgehead atoms. The van der Waals surface area contributed by atoms with Gasteiger partial charge in [0.1, 0.15) is 5.75 Å². The van der Waals surface area contributed by atoms with Crippen LogP contribution in [0.5, 0.6) is 5.75 Å². The minimum atomic E-state index is -0.254. The minimum Gasteiger partial charge on any atom is -0.484 e. The predicted octanol–water partition coefficient (Wildman–Crippen LogP) is 1.32. The average molecular weight is 249 g/mol.